The van der Waals surface area contributed by atoms with Crippen LogP contribution in [0.1, 0.15) is 63.2 Å². The molecule has 0 bridgehead atoms. The lowest BCUT2D eigenvalue weighted by Crippen LogP contribution is -2.29. The van der Waals surface area contributed by atoms with Gasteiger partial charge in [-0.15, -0.1) is 0 Å². The molecule has 2 unspecified atom stereocenters. The first-order chi connectivity index (χ1) is 8.34. The maximum atomic E-state index is 4.37. The molecule has 0 aromatic carbocycles. The third-order valence-corrected chi connectivity index (χ3v) is 4.21. The summed E-state index contributed by atoms with van der Waals surface area (Å²) in [6.45, 7) is 3.50. The van der Waals surface area contributed by atoms with Crippen LogP contribution in [0.4, 0.5) is 0 Å². The monoisotopic (exact) mass is 233 g/mol. The van der Waals surface area contributed by atoms with Gasteiger partial charge in [-0.1, -0.05) is 19.3 Å². The largest absolute Gasteiger partial charge is 0.330 e. The summed E-state index contributed by atoms with van der Waals surface area (Å²) in [6.07, 6.45) is 12.2. The lowest BCUT2D eigenvalue weighted by atomic mass is 10.0. The Bertz CT molecular complexity index is 361. The van der Waals surface area contributed by atoms with Crippen molar-refractivity contribution >= 4 is 0 Å². The topological polar surface area (TPSA) is 29.9 Å². The maximum Gasteiger partial charge on any atom is 0.0951 e. The van der Waals surface area contributed by atoms with Crippen molar-refractivity contribution in [3.8, 4) is 0 Å². The maximum absolute atomic E-state index is 4.37. The molecule has 17 heavy (non-hydrogen) atoms. The average molecular weight is 233 g/mol. The highest BCUT2D eigenvalue weighted by molar-refractivity contribution is 5.08. The summed E-state index contributed by atoms with van der Waals surface area (Å²) < 4.78 is 2.40. The zero-order valence-electron chi connectivity index (χ0n) is 10.7. The van der Waals surface area contributed by atoms with Crippen molar-refractivity contribution in [2.75, 3.05) is 6.54 Å². The van der Waals surface area contributed by atoms with E-state index in [0.717, 1.165) is 12.5 Å². The second kappa shape index (κ2) is 4.81. The molecule has 3 heteroatoms. The van der Waals surface area contributed by atoms with Gasteiger partial charge in [-0.3, -0.25) is 0 Å². The van der Waals surface area contributed by atoms with Crippen LogP contribution in [0.15, 0.2) is 12.5 Å². The van der Waals surface area contributed by atoms with Crippen molar-refractivity contribution in [2.45, 2.75) is 57.5 Å². The van der Waals surface area contributed by atoms with Gasteiger partial charge in [0.15, 0.2) is 0 Å². The van der Waals surface area contributed by atoms with Gasteiger partial charge in [-0.25, -0.2) is 4.98 Å². The van der Waals surface area contributed by atoms with Crippen LogP contribution in [0.5, 0.6) is 0 Å². The molecule has 2 atom stereocenters. The molecular weight excluding hydrogens is 210 g/mol. The highest BCUT2D eigenvalue weighted by Gasteiger charge is 2.26. The minimum atomic E-state index is 0.535. The third-order valence-electron chi connectivity index (χ3n) is 4.21. The fraction of sp³-hybridized carbons (Fsp3) is 0.786. The summed E-state index contributed by atoms with van der Waals surface area (Å²) in [7, 11) is 0. The molecule has 2 aliphatic rings. The number of imidazole rings is 1. The molecule has 2 fully saturated rings. The molecule has 1 aromatic rings. The second-order valence-electron chi connectivity index (χ2n) is 5.76. The van der Waals surface area contributed by atoms with Crippen molar-refractivity contribution in [3.63, 3.8) is 0 Å². The van der Waals surface area contributed by atoms with Crippen LogP contribution in [0.25, 0.3) is 0 Å². The number of hydrogen-bond acceptors (Lipinski definition) is 2. The summed E-state index contributed by atoms with van der Waals surface area (Å²) in [4.78, 5) is 4.37. The van der Waals surface area contributed by atoms with Gasteiger partial charge in [0, 0.05) is 18.3 Å². The van der Waals surface area contributed by atoms with E-state index < -0.39 is 0 Å². The first kappa shape index (κ1) is 11.3. The Morgan fingerprint density at radius 3 is 3.00 bits per heavy atom. The Kier molecular flexibility index (Phi) is 3.19. The number of nitrogens with one attached hydrogen (secondary N) is 1. The molecule has 1 saturated carbocycles. The predicted molar refractivity (Wildman–Crippen MR) is 68.9 cm³/mol. The first-order valence-corrected chi connectivity index (χ1v) is 7.09. The fourth-order valence-corrected chi connectivity index (χ4v) is 3.01. The summed E-state index contributed by atoms with van der Waals surface area (Å²) in [5, 5.41) is 3.62. The van der Waals surface area contributed by atoms with Crippen LogP contribution in [-0.2, 0) is 0 Å². The number of hydrogen-bond donors (Lipinski definition) is 1. The van der Waals surface area contributed by atoms with E-state index in [-0.39, 0.29) is 0 Å². The summed E-state index contributed by atoms with van der Waals surface area (Å²) in [5.41, 5.74) is 1.40. The highest BCUT2D eigenvalue weighted by atomic mass is 15.1. The molecule has 1 aliphatic carbocycles. The van der Waals surface area contributed by atoms with Crippen LogP contribution in [0.3, 0.4) is 0 Å². The Morgan fingerprint density at radius 2 is 2.29 bits per heavy atom. The SMILES string of the molecule is CC(CC1CC1)n1cncc1C1CCCCN1. The molecule has 1 aromatic heterocycles. The highest BCUT2D eigenvalue weighted by Crippen LogP contribution is 2.37. The Labute approximate surface area is 104 Å². The number of piperidine rings is 1. The fourth-order valence-electron chi connectivity index (χ4n) is 3.01. The van der Waals surface area contributed by atoms with E-state index in [9.17, 15) is 0 Å². The quantitative estimate of drug-likeness (QED) is 0.866. The lowest BCUT2D eigenvalue weighted by Gasteiger charge is -2.26. The van der Waals surface area contributed by atoms with E-state index in [0.29, 0.717) is 12.1 Å². The van der Waals surface area contributed by atoms with Crippen LogP contribution < -0.4 is 5.32 Å². The molecular formula is C14H23N3. The summed E-state index contributed by atoms with van der Waals surface area (Å²) >= 11 is 0. The van der Waals surface area contributed by atoms with E-state index in [1.54, 1.807) is 0 Å². The minimum absolute atomic E-state index is 0.535. The van der Waals surface area contributed by atoms with Crippen LogP contribution in [-0.4, -0.2) is 16.1 Å². The number of nitrogens with zero attached hydrogens (tertiary/aromatic N) is 2. The summed E-state index contributed by atoms with van der Waals surface area (Å²) in [5.74, 6) is 0.986. The number of aromatic nitrogens is 2. The van der Waals surface area contributed by atoms with Crippen molar-refractivity contribution in [3.05, 3.63) is 18.2 Å². The second-order valence-corrected chi connectivity index (χ2v) is 5.76. The third kappa shape index (κ3) is 2.54. The lowest BCUT2D eigenvalue weighted by molar-refractivity contribution is 0.373. The standard InChI is InChI=1S/C14H23N3/c1-11(8-12-5-6-12)17-10-15-9-14(17)13-4-2-3-7-16-13/h9-13,16H,2-8H2,1H3. The van der Waals surface area contributed by atoms with Gasteiger partial charge in [0.05, 0.1) is 12.0 Å². The smallest absolute Gasteiger partial charge is 0.0951 e. The minimum Gasteiger partial charge on any atom is -0.330 e. The van der Waals surface area contributed by atoms with Gasteiger partial charge < -0.3 is 9.88 Å². The Hall–Kier alpha value is -0.830. The van der Waals surface area contributed by atoms with Gasteiger partial charge in [-0.2, -0.15) is 0 Å². The molecule has 1 saturated heterocycles. The normalized spacial score (nSPS) is 27.0. The van der Waals surface area contributed by atoms with Crippen molar-refractivity contribution < 1.29 is 0 Å². The van der Waals surface area contributed by atoms with Crippen LogP contribution in [0.2, 0.25) is 0 Å². The predicted octanol–water partition coefficient (Wildman–Crippen LogP) is 3.06. The molecule has 1 aliphatic heterocycles. The zero-order valence-corrected chi connectivity index (χ0v) is 10.7. The van der Waals surface area contributed by atoms with E-state index in [4.69, 9.17) is 0 Å². The average Bonchev–Trinajstić information content (AvgIpc) is 3.04. The molecule has 1 N–H and O–H groups in total. The van der Waals surface area contributed by atoms with Crippen LogP contribution >= 0.6 is 0 Å². The summed E-state index contributed by atoms with van der Waals surface area (Å²) in [6, 6.07) is 1.15. The van der Waals surface area contributed by atoms with E-state index in [1.807, 2.05) is 6.33 Å². The first-order valence-electron chi connectivity index (χ1n) is 7.09. The molecule has 94 valence electrons. The Morgan fingerprint density at radius 1 is 1.41 bits per heavy atom. The molecule has 3 nitrogen and oxygen atoms in total. The molecule has 0 spiro atoms. The van der Waals surface area contributed by atoms with Gasteiger partial charge in [-0.05, 0) is 38.6 Å². The molecule has 0 radical (unpaired) electrons. The van der Waals surface area contributed by atoms with Gasteiger partial charge in [0.1, 0.15) is 0 Å². The Balaban J connectivity index is 1.72. The van der Waals surface area contributed by atoms with Gasteiger partial charge >= 0.3 is 0 Å². The van der Waals surface area contributed by atoms with Crippen molar-refractivity contribution in [1.29, 1.82) is 0 Å². The van der Waals surface area contributed by atoms with E-state index >= 15 is 0 Å². The molecule has 3 rings (SSSR count). The van der Waals surface area contributed by atoms with E-state index in [2.05, 4.69) is 28.0 Å². The van der Waals surface area contributed by atoms with Crippen LogP contribution in [0, 0.1) is 5.92 Å². The van der Waals surface area contributed by atoms with Gasteiger partial charge in [0.2, 0.25) is 0 Å². The molecule has 0 amide bonds. The van der Waals surface area contributed by atoms with Crippen molar-refractivity contribution in [2.24, 2.45) is 5.92 Å². The zero-order chi connectivity index (χ0) is 11.7. The van der Waals surface area contributed by atoms with E-state index in [1.165, 1.54) is 44.2 Å². The van der Waals surface area contributed by atoms with Gasteiger partial charge in [0.25, 0.3) is 0 Å². The number of rotatable bonds is 4. The molecule has 2 heterocycles. The van der Waals surface area contributed by atoms with Crippen molar-refractivity contribution in [1.82, 2.24) is 14.9 Å².